The van der Waals surface area contributed by atoms with Crippen molar-refractivity contribution in [1.29, 1.82) is 0 Å². The fourth-order valence-corrected chi connectivity index (χ4v) is 1.94. The van der Waals surface area contributed by atoms with Crippen molar-refractivity contribution in [2.75, 3.05) is 11.9 Å². The normalized spacial score (nSPS) is 30.7. The Labute approximate surface area is 90.6 Å². The SMILES string of the molecule is CCn1ccnc1NC1(C)CCOC1C. The second-order valence-electron chi connectivity index (χ2n) is 4.34. The number of hydrogen-bond acceptors (Lipinski definition) is 3. The largest absolute Gasteiger partial charge is 0.376 e. The molecular weight excluding hydrogens is 190 g/mol. The fourth-order valence-electron chi connectivity index (χ4n) is 1.94. The Bertz CT molecular complexity index is 336. The molecule has 2 heterocycles. The van der Waals surface area contributed by atoms with Gasteiger partial charge in [-0.3, -0.25) is 0 Å². The number of hydrogen-bond donors (Lipinski definition) is 1. The van der Waals surface area contributed by atoms with Crippen LogP contribution in [0, 0.1) is 0 Å². The van der Waals surface area contributed by atoms with E-state index in [0.29, 0.717) is 0 Å². The molecule has 2 unspecified atom stereocenters. The van der Waals surface area contributed by atoms with Crippen LogP contribution in [0.15, 0.2) is 12.4 Å². The molecule has 0 aromatic carbocycles. The lowest BCUT2D eigenvalue weighted by molar-refractivity contribution is 0.105. The summed E-state index contributed by atoms with van der Waals surface area (Å²) in [5, 5.41) is 3.49. The second kappa shape index (κ2) is 3.85. The Morgan fingerprint density at radius 1 is 1.73 bits per heavy atom. The zero-order chi connectivity index (χ0) is 10.9. The molecule has 1 aliphatic heterocycles. The van der Waals surface area contributed by atoms with Gasteiger partial charge in [0.2, 0.25) is 5.95 Å². The predicted molar refractivity (Wildman–Crippen MR) is 60.0 cm³/mol. The highest BCUT2D eigenvalue weighted by molar-refractivity contribution is 5.32. The molecule has 0 aliphatic carbocycles. The van der Waals surface area contributed by atoms with Crippen molar-refractivity contribution in [2.45, 2.75) is 45.4 Å². The highest BCUT2D eigenvalue weighted by atomic mass is 16.5. The van der Waals surface area contributed by atoms with Gasteiger partial charge in [0.15, 0.2) is 0 Å². The van der Waals surface area contributed by atoms with Gasteiger partial charge in [-0.15, -0.1) is 0 Å². The second-order valence-corrected chi connectivity index (χ2v) is 4.34. The lowest BCUT2D eigenvalue weighted by atomic mass is 9.95. The van der Waals surface area contributed by atoms with Crippen LogP contribution < -0.4 is 5.32 Å². The summed E-state index contributed by atoms with van der Waals surface area (Å²) in [5.74, 6) is 0.942. The van der Waals surface area contributed by atoms with Crippen LogP contribution in [0.5, 0.6) is 0 Å². The number of nitrogens with one attached hydrogen (secondary N) is 1. The summed E-state index contributed by atoms with van der Waals surface area (Å²) >= 11 is 0. The van der Waals surface area contributed by atoms with Crippen LogP contribution in [0.1, 0.15) is 27.2 Å². The summed E-state index contributed by atoms with van der Waals surface area (Å²) in [6, 6.07) is 0. The molecule has 4 heteroatoms. The van der Waals surface area contributed by atoms with Crippen LogP contribution in [0.3, 0.4) is 0 Å². The van der Waals surface area contributed by atoms with E-state index in [0.717, 1.165) is 25.5 Å². The molecule has 0 saturated carbocycles. The summed E-state index contributed by atoms with van der Waals surface area (Å²) in [7, 11) is 0. The van der Waals surface area contributed by atoms with Crippen LogP contribution in [-0.4, -0.2) is 27.8 Å². The number of anilines is 1. The van der Waals surface area contributed by atoms with Crippen LogP contribution in [-0.2, 0) is 11.3 Å². The topological polar surface area (TPSA) is 39.1 Å². The maximum atomic E-state index is 5.59. The molecule has 1 aromatic rings. The molecule has 2 atom stereocenters. The Morgan fingerprint density at radius 2 is 2.53 bits per heavy atom. The minimum Gasteiger partial charge on any atom is -0.376 e. The van der Waals surface area contributed by atoms with Crippen LogP contribution in [0.4, 0.5) is 5.95 Å². The van der Waals surface area contributed by atoms with Crippen LogP contribution >= 0.6 is 0 Å². The third kappa shape index (κ3) is 1.86. The minimum atomic E-state index is 0.0122. The summed E-state index contributed by atoms with van der Waals surface area (Å²) < 4.78 is 7.70. The lowest BCUT2D eigenvalue weighted by Crippen LogP contribution is -2.42. The smallest absolute Gasteiger partial charge is 0.203 e. The third-order valence-corrected chi connectivity index (χ3v) is 3.34. The maximum Gasteiger partial charge on any atom is 0.203 e. The molecule has 15 heavy (non-hydrogen) atoms. The molecular formula is C11H19N3O. The van der Waals surface area contributed by atoms with E-state index in [1.54, 1.807) is 0 Å². The molecule has 0 spiro atoms. The number of nitrogens with zero attached hydrogens (tertiary/aromatic N) is 2. The first-order valence-electron chi connectivity index (χ1n) is 5.56. The highest BCUT2D eigenvalue weighted by Crippen LogP contribution is 2.28. The number of rotatable bonds is 3. The quantitative estimate of drug-likeness (QED) is 0.826. The van der Waals surface area contributed by atoms with Gasteiger partial charge in [0, 0.05) is 25.5 Å². The molecule has 4 nitrogen and oxygen atoms in total. The Balaban J connectivity index is 2.14. The van der Waals surface area contributed by atoms with Crippen molar-refractivity contribution >= 4 is 5.95 Å². The average molecular weight is 209 g/mol. The van der Waals surface area contributed by atoms with Gasteiger partial charge in [0.1, 0.15) is 0 Å². The van der Waals surface area contributed by atoms with E-state index in [-0.39, 0.29) is 11.6 Å². The standard InChI is InChI=1S/C11H19N3O/c1-4-14-7-6-12-10(14)13-11(3)5-8-15-9(11)2/h6-7,9H,4-5,8H2,1-3H3,(H,12,13). The minimum absolute atomic E-state index is 0.0122. The van der Waals surface area contributed by atoms with E-state index < -0.39 is 0 Å². The molecule has 0 bridgehead atoms. The molecule has 1 fully saturated rings. The van der Waals surface area contributed by atoms with E-state index >= 15 is 0 Å². The first-order chi connectivity index (χ1) is 7.15. The summed E-state index contributed by atoms with van der Waals surface area (Å²) in [5.41, 5.74) is 0.0122. The fraction of sp³-hybridized carbons (Fsp3) is 0.727. The van der Waals surface area contributed by atoms with Gasteiger partial charge in [-0.2, -0.15) is 0 Å². The van der Waals surface area contributed by atoms with Crippen molar-refractivity contribution < 1.29 is 4.74 Å². The number of imidazole rings is 1. The molecule has 1 aromatic heterocycles. The number of aryl methyl sites for hydroxylation is 1. The van der Waals surface area contributed by atoms with Gasteiger partial charge < -0.3 is 14.6 Å². The maximum absolute atomic E-state index is 5.59. The summed E-state index contributed by atoms with van der Waals surface area (Å²) in [6.07, 6.45) is 5.09. The van der Waals surface area contributed by atoms with Crippen molar-refractivity contribution in [1.82, 2.24) is 9.55 Å². The monoisotopic (exact) mass is 209 g/mol. The number of ether oxygens (including phenoxy) is 1. The number of aromatic nitrogens is 2. The molecule has 2 rings (SSSR count). The van der Waals surface area contributed by atoms with Crippen molar-refractivity contribution in [3.63, 3.8) is 0 Å². The van der Waals surface area contributed by atoms with Gasteiger partial charge in [-0.25, -0.2) is 4.98 Å². The van der Waals surface area contributed by atoms with E-state index in [2.05, 4.69) is 35.6 Å². The molecule has 1 aliphatic rings. The Kier molecular flexibility index (Phi) is 2.69. The molecule has 1 saturated heterocycles. The lowest BCUT2D eigenvalue weighted by Gasteiger charge is -2.29. The van der Waals surface area contributed by atoms with Gasteiger partial charge >= 0.3 is 0 Å². The van der Waals surface area contributed by atoms with Gasteiger partial charge in [0.05, 0.1) is 11.6 Å². The molecule has 1 N–H and O–H groups in total. The van der Waals surface area contributed by atoms with E-state index in [4.69, 9.17) is 4.74 Å². The summed E-state index contributed by atoms with van der Waals surface area (Å²) in [6.45, 7) is 8.19. The van der Waals surface area contributed by atoms with Crippen molar-refractivity contribution in [3.8, 4) is 0 Å². The zero-order valence-electron chi connectivity index (χ0n) is 9.66. The first kappa shape index (κ1) is 10.5. The Hall–Kier alpha value is -1.03. The zero-order valence-corrected chi connectivity index (χ0v) is 9.66. The first-order valence-corrected chi connectivity index (χ1v) is 5.56. The van der Waals surface area contributed by atoms with Gasteiger partial charge in [-0.05, 0) is 27.2 Å². The van der Waals surface area contributed by atoms with Crippen molar-refractivity contribution in [3.05, 3.63) is 12.4 Å². The molecule has 0 amide bonds. The van der Waals surface area contributed by atoms with Gasteiger partial charge in [-0.1, -0.05) is 0 Å². The highest BCUT2D eigenvalue weighted by Gasteiger charge is 2.37. The van der Waals surface area contributed by atoms with E-state index in [9.17, 15) is 0 Å². The van der Waals surface area contributed by atoms with E-state index in [1.807, 2.05) is 12.4 Å². The van der Waals surface area contributed by atoms with Crippen LogP contribution in [0.25, 0.3) is 0 Å². The van der Waals surface area contributed by atoms with E-state index in [1.165, 1.54) is 0 Å². The molecule has 0 radical (unpaired) electrons. The molecule has 84 valence electrons. The van der Waals surface area contributed by atoms with Gasteiger partial charge in [0.25, 0.3) is 0 Å². The summed E-state index contributed by atoms with van der Waals surface area (Å²) in [4.78, 5) is 4.33. The third-order valence-electron chi connectivity index (χ3n) is 3.34. The predicted octanol–water partition coefficient (Wildman–Crippen LogP) is 1.88. The average Bonchev–Trinajstić information content (AvgIpc) is 2.76. The van der Waals surface area contributed by atoms with Crippen LogP contribution in [0.2, 0.25) is 0 Å². The Morgan fingerprint density at radius 3 is 3.13 bits per heavy atom. The van der Waals surface area contributed by atoms with Crippen molar-refractivity contribution in [2.24, 2.45) is 0 Å².